The number of nitrogens with one attached hydrogen (secondary N) is 3. The van der Waals surface area contributed by atoms with Crippen LogP contribution in [-0.4, -0.2) is 171 Å². The van der Waals surface area contributed by atoms with Gasteiger partial charge >= 0.3 is 11.9 Å². The first-order valence-electron chi connectivity index (χ1n) is 20.2. The minimum atomic E-state index is -4.37. The molecule has 3 aliphatic heterocycles. The van der Waals surface area contributed by atoms with Crippen LogP contribution in [0.5, 0.6) is 0 Å². The third-order valence-electron chi connectivity index (χ3n) is 10.9. The predicted molar refractivity (Wildman–Crippen MR) is 214 cm³/mol. The van der Waals surface area contributed by atoms with Crippen LogP contribution < -0.4 is 16.0 Å². The molecule has 1 unspecified atom stereocenters. The summed E-state index contributed by atoms with van der Waals surface area (Å²) < 4.78 is 47.3. The van der Waals surface area contributed by atoms with Gasteiger partial charge in [-0.15, -0.1) is 0 Å². The molecule has 63 heavy (non-hydrogen) atoms. The van der Waals surface area contributed by atoms with E-state index in [0.717, 1.165) is 9.80 Å². The molecule has 8 N–H and O–H groups in total. The topological polar surface area (TPSA) is 342 Å². The van der Waals surface area contributed by atoms with Gasteiger partial charge in [0, 0.05) is 24.9 Å². The second kappa shape index (κ2) is 21.5. The summed E-state index contributed by atoms with van der Waals surface area (Å²) in [5, 5.41) is 47.9. The molecular weight excluding hydrogens is 859 g/mol. The van der Waals surface area contributed by atoms with Crippen molar-refractivity contribution in [2.75, 3.05) is 30.8 Å². The van der Waals surface area contributed by atoms with Crippen LogP contribution in [0.3, 0.4) is 0 Å². The molecule has 0 saturated carbocycles. The maximum Gasteiger partial charge on any atom is 0.335 e. The summed E-state index contributed by atoms with van der Waals surface area (Å²) >= 11 is 0. The van der Waals surface area contributed by atoms with E-state index in [1.807, 2.05) is 0 Å². The molecule has 0 spiro atoms. The fourth-order valence-electron chi connectivity index (χ4n) is 7.43. The smallest absolute Gasteiger partial charge is 0.335 e. The number of carbonyl (C=O) groups excluding carboxylic acids is 7. The Morgan fingerprint density at radius 2 is 1.63 bits per heavy atom. The highest BCUT2D eigenvalue weighted by molar-refractivity contribution is 7.85. The fraction of sp³-hybridized carbons (Fsp3) is 0.641. The van der Waals surface area contributed by atoms with E-state index in [9.17, 15) is 67.2 Å². The van der Waals surface area contributed by atoms with Crippen molar-refractivity contribution in [1.82, 2.24) is 20.4 Å². The number of ether oxygens (including phenoxy) is 3. The number of carbonyl (C=O) groups is 8. The lowest BCUT2D eigenvalue weighted by atomic mass is 9.91. The van der Waals surface area contributed by atoms with E-state index in [4.69, 9.17) is 18.8 Å². The number of anilines is 1. The van der Waals surface area contributed by atoms with Crippen LogP contribution in [0.25, 0.3) is 0 Å². The molecule has 23 nitrogen and oxygen atoms in total. The van der Waals surface area contributed by atoms with E-state index >= 15 is 0 Å². The van der Waals surface area contributed by atoms with Crippen LogP contribution in [-0.2, 0) is 75.7 Å². The molecule has 350 valence electrons. The number of amides is 6. The zero-order chi connectivity index (χ0) is 47.1. The Hall–Kier alpha value is -5.11. The van der Waals surface area contributed by atoms with Crippen LogP contribution in [0.4, 0.5) is 5.69 Å². The summed E-state index contributed by atoms with van der Waals surface area (Å²) in [6.45, 7) is 5.75. The monoisotopic (exact) mass is 913 g/mol. The average Bonchev–Trinajstić information content (AvgIpc) is 3.63. The van der Waals surface area contributed by atoms with E-state index in [0.29, 0.717) is 11.1 Å². The van der Waals surface area contributed by atoms with Gasteiger partial charge in [-0.3, -0.25) is 43.0 Å². The summed E-state index contributed by atoms with van der Waals surface area (Å²) in [5.74, 6) is -8.25. The van der Waals surface area contributed by atoms with Gasteiger partial charge in [0.05, 0.1) is 37.7 Å². The maximum absolute atomic E-state index is 13.6. The van der Waals surface area contributed by atoms with Gasteiger partial charge in [-0.2, -0.15) is 8.42 Å². The minimum absolute atomic E-state index is 0.0540. The van der Waals surface area contributed by atoms with Gasteiger partial charge in [-0.25, -0.2) is 4.79 Å². The maximum atomic E-state index is 13.6. The highest BCUT2D eigenvalue weighted by atomic mass is 32.2. The third-order valence-corrected chi connectivity index (χ3v) is 11.6. The van der Waals surface area contributed by atoms with Crippen LogP contribution >= 0.6 is 0 Å². The number of likely N-dealkylation sites (tertiary alicyclic amines) is 2. The molecule has 0 radical (unpaired) electrons. The first kappa shape index (κ1) is 50.5. The number of nitrogens with zero attached hydrogens (tertiary/aromatic N) is 2. The zero-order valence-electron chi connectivity index (χ0n) is 35.3. The fourth-order valence-corrected chi connectivity index (χ4v) is 7.76. The number of rotatable bonds is 20. The van der Waals surface area contributed by atoms with E-state index in [1.54, 1.807) is 19.9 Å². The Kier molecular flexibility index (Phi) is 17.3. The van der Waals surface area contributed by atoms with Crippen molar-refractivity contribution >= 4 is 63.2 Å². The molecule has 0 aliphatic carbocycles. The predicted octanol–water partition coefficient (Wildman–Crippen LogP) is -2.53. The van der Waals surface area contributed by atoms with Gasteiger partial charge in [0.25, 0.3) is 10.1 Å². The molecule has 0 aromatic heterocycles. The van der Waals surface area contributed by atoms with Crippen molar-refractivity contribution in [2.45, 2.75) is 122 Å². The lowest BCUT2D eigenvalue weighted by molar-refractivity contribution is -0.228. The van der Waals surface area contributed by atoms with Crippen molar-refractivity contribution < 1.29 is 86.0 Å². The number of carboxylic acid groups (broad SMARTS) is 1. The molecule has 1 aromatic carbocycles. The standard InChI is InChI=1S/C39H55N5O18S/c1-18(2)30(42-28(46)15-43-25(17-60-10-11-63(57,58)59)14-26(38(43)54)44-29(47)12-19(3)37(44)53)36(52)40-20(4)35(51)41-24-8-6-23(16-61-21(5)45)22(13-24)7-9-27-31(48)32(49)33(50)34(62-27)39(55)56/h6,8,13,18-20,25-27,30-34,48-50H,7,9-12,14-17H2,1-5H3,(H,40,52)(H,41,51)(H,42,46)(H,55,56)(H,57,58,59)/t19?,20-,25-,26-,27-,30-,31-,32+,33-,34-/m0/s1. The molecule has 3 heterocycles. The molecule has 10 atom stereocenters. The van der Waals surface area contributed by atoms with Gasteiger partial charge in [0.1, 0.15) is 43.0 Å². The normalized spacial score (nSPS) is 26.1. The Morgan fingerprint density at radius 3 is 2.22 bits per heavy atom. The number of hydrogen-bond donors (Lipinski definition) is 8. The molecule has 3 aliphatic rings. The molecule has 4 rings (SSSR count). The number of aliphatic hydroxyl groups is 3. The van der Waals surface area contributed by atoms with Crippen LogP contribution in [0.1, 0.15) is 65.0 Å². The van der Waals surface area contributed by atoms with Gasteiger partial charge in [0.15, 0.2) is 6.10 Å². The first-order chi connectivity index (χ1) is 29.4. The number of aryl methyl sites for hydroxylation is 1. The SMILES string of the molecule is CC(=O)OCc1ccc(NC(=O)[C@H](C)NC(=O)[C@@H](NC(=O)CN2C(=O)[C@@H](N3C(=O)CC(C)C3=O)C[C@H]2COCCS(=O)(=O)O)C(C)C)cc1CC[C@@H]1O[C@H](C(=O)O)[C@@H](O)[C@H](O)[C@H]1O. The number of benzene rings is 1. The summed E-state index contributed by atoms with van der Waals surface area (Å²) in [4.78, 5) is 105. The Bertz CT molecular complexity index is 2030. The largest absolute Gasteiger partial charge is 0.479 e. The number of hydrogen-bond acceptors (Lipinski definition) is 16. The van der Waals surface area contributed by atoms with Crippen LogP contribution in [0.15, 0.2) is 18.2 Å². The number of esters is 1. The van der Waals surface area contributed by atoms with E-state index < -0.39 is 143 Å². The van der Waals surface area contributed by atoms with Crippen LogP contribution in [0, 0.1) is 11.8 Å². The quantitative estimate of drug-likeness (QED) is 0.0289. The number of aliphatic hydroxyl groups excluding tert-OH is 3. The molecule has 24 heteroatoms. The average molecular weight is 914 g/mol. The molecule has 1 aromatic rings. The highest BCUT2D eigenvalue weighted by Crippen LogP contribution is 2.31. The summed E-state index contributed by atoms with van der Waals surface area (Å²) in [5.41, 5.74) is 1.17. The van der Waals surface area contributed by atoms with Gasteiger partial charge in [-0.1, -0.05) is 26.8 Å². The Morgan fingerprint density at radius 1 is 0.952 bits per heavy atom. The van der Waals surface area contributed by atoms with Crippen molar-refractivity contribution in [2.24, 2.45) is 11.8 Å². The van der Waals surface area contributed by atoms with E-state index in [-0.39, 0.29) is 44.6 Å². The molecule has 6 amide bonds. The summed E-state index contributed by atoms with van der Waals surface area (Å²) in [6.07, 6.45) is -8.60. The lowest BCUT2D eigenvalue weighted by Gasteiger charge is -2.39. The zero-order valence-corrected chi connectivity index (χ0v) is 36.1. The number of carboxylic acids is 1. The van der Waals surface area contributed by atoms with Crippen molar-refractivity contribution in [1.29, 1.82) is 0 Å². The Balaban J connectivity index is 1.42. The van der Waals surface area contributed by atoms with Gasteiger partial charge < -0.3 is 55.5 Å². The van der Waals surface area contributed by atoms with Crippen LogP contribution in [0.2, 0.25) is 0 Å². The van der Waals surface area contributed by atoms with Crippen molar-refractivity contribution in [3.63, 3.8) is 0 Å². The number of imide groups is 1. The molecular formula is C39H55N5O18S. The second-order valence-electron chi connectivity index (χ2n) is 16.2. The molecule has 3 saturated heterocycles. The number of aliphatic carboxylic acids is 1. The van der Waals surface area contributed by atoms with Gasteiger partial charge in [0.2, 0.25) is 35.4 Å². The third kappa shape index (κ3) is 13.2. The van der Waals surface area contributed by atoms with E-state index in [2.05, 4.69) is 16.0 Å². The summed E-state index contributed by atoms with van der Waals surface area (Å²) in [6, 6.07) is -0.0415. The molecule has 0 bridgehead atoms. The van der Waals surface area contributed by atoms with Gasteiger partial charge in [-0.05, 0) is 55.4 Å². The first-order valence-corrected chi connectivity index (χ1v) is 21.8. The second-order valence-corrected chi connectivity index (χ2v) is 17.7. The minimum Gasteiger partial charge on any atom is -0.479 e. The van der Waals surface area contributed by atoms with Crippen molar-refractivity contribution in [3.05, 3.63) is 29.3 Å². The lowest BCUT2D eigenvalue weighted by Crippen LogP contribution is -2.59. The Labute approximate surface area is 362 Å². The summed E-state index contributed by atoms with van der Waals surface area (Å²) in [7, 11) is -4.37. The molecule has 3 fully saturated rings. The highest BCUT2D eigenvalue weighted by Gasteiger charge is 2.51. The van der Waals surface area contributed by atoms with E-state index in [1.165, 1.54) is 32.9 Å². The van der Waals surface area contributed by atoms with Crippen molar-refractivity contribution in [3.8, 4) is 0 Å².